The largest absolute Gasteiger partial charge is 0.497 e. The van der Waals surface area contributed by atoms with E-state index in [1.807, 2.05) is 19.2 Å². The van der Waals surface area contributed by atoms with Gasteiger partial charge in [-0.1, -0.05) is 12.1 Å². The molecule has 1 aliphatic heterocycles. The first-order chi connectivity index (χ1) is 11.5. The van der Waals surface area contributed by atoms with Gasteiger partial charge in [0.15, 0.2) is 5.96 Å². The minimum atomic E-state index is 0.509. The van der Waals surface area contributed by atoms with Crippen molar-refractivity contribution in [1.29, 1.82) is 0 Å². The van der Waals surface area contributed by atoms with E-state index in [0.717, 1.165) is 44.4 Å². The zero-order chi connectivity index (χ0) is 17.5. The Morgan fingerprint density at radius 3 is 2.62 bits per heavy atom. The Morgan fingerprint density at radius 2 is 2.00 bits per heavy atom. The summed E-state index contributed by atoms with van der Waals surface area (Å²) in [7, 11) is 9.97. The predicted molar refractivity (Wildman–Crippen MR) is 99.7 cm³/mol. The summed E-state index contributed by atoms with van der Waals surface area (Å²) in [4.78, 5) is 11.4. The summed E-state index contributed by atoms with van der Waals surface area (Å²) in [5, 5.41) is 3.52. The predicted octanol–water partition coefficient (Wildman–Crippen LogP) is 0.948. The molecule has 1 N–H and O–H groups in total. The van der Waals surface area contributed by atoms with Gasteiger partial charge in [-0.2, -0.15) is 0 Å². The number of hydrogen-bond acceptors (Lipinski definition) is 4. The summed E-state index contributed by atoms with van der Waals surface area (Å²) in [6.45, 7) is 5.05. The lowest BCUT2D eigenvalue weighted by molar-refractivity contribution is 0.116. The maximum absolute atomic E-state index is 5.21. The standard InChI is InChI=1S/C18H31N5O/c1-19-18(20-12-16-14-21(2)10-11-22(16)3)23(4)13-15-6-8-17(24-5)9-7-15/h6-9,16H,10-14H2,1-5H3,(H,19,20). The molecular weight excluding hydrogens is 302 g/mol. The first kappa shape index (κ1) is 18.5. The number of nitrogens with zero attached hydrogens (tertiary/aromatic N) is 4. The number of rotatable bonds is 5. The highest BCUT2D eigenvalue weighted by atomic mass is 16.5. The lowest BCUT2D eigenvalue weighted by Gasteiger charge is -2.38. The first-order valence-corrected chi connectivity index (χ1v) is 8.47. The normalized spacial score (nSPS) is 20.0. The molecule has 0 aromatic heterocycles. The van der Waals surface area contributed by atoms with Gasteiger partial charge in [-0.05, 0) is 31.8 Å². The van der Waals surface area contributed by atoms with Crippen molar-refractivity contribution in [2.75, 3.05) is 61.5 Å². The van der Waals surface area contributed by atoms with Crippen molar-refractivity contribution in [2.45, 2.75) is 12.6 Å². The van der Waals surface area contributed by atoms with Crippen molar-refractivity contribution in [2.24, 2.45) is 4.99 Å². The number of ether oxygens (including phenoxy) is 1. The average molecular weight is 333 g/mol. The van der Waals surface area contributed by atoms with Gasteiger partial charge in [-0.25, -0.2) is 0 Å². The second-order valence-electron chi connectivity index (χ2n) is 6.53. The molecule has 134 valence electrons. The zero-order valence-electron chi connectivity index (χ0n) is 15.6. The van der Waals surface area contributed by atoms with E-state index in [1.165, 1.54) is 5.56 Å². The van der Waals surface area contributed by atoms with Crippen LogP contribution in [0.1, 0.15) is 5.56 Å². The van der Waals surface area contributed by atoms with E-state index < -0.39 is 0 Å². The number of methoxy groups -OCH3 is 1. The summed E-state index contributed by atoms with van der Waals surface area (Å²) in [6.07, 6.45) is 0. The monoisotopic (exact) mass is 333 g/mol. The Labute approximate surface area is 146 Å². The van der Waals surface area contributed by atoms with Crippen molar-refractivity contribution < 1.29 is 4.74 Å². The summed E-state index contributed by atoms with van der Waals surface area (Å²) in [6, 6.07) is 8.67. The maximum atomic E-state index is 5.21. The fourth-order valence-corrected chi connectivity index (χ4v) is 3.00. The van der Waals surface area contributed by atoms with E-state index in [2.05, 4.69) is 58.3 Å². The van der Waals surface area contributed by atoms with Crippen LogP contribution < -0.4 is 10.1 Å². The molecular formula is C18H31N5O. The molecule has 6 heteroatoms. The Kier molecular flexibility index (Phi) is 6.87. The number of aliphatic imine (C=N–C) groups is 1. The van der Waals surface area contributed by atoms with Gasteiger partial charge in [-0.15, -0.1) is 0 Å². The summed E-state index contributed by atoms with van der Waals surface area (Å²) in [5.41, 5.74) is 1.23. The number of likely N-dealkylation sites (N-methyl/N-ethyl adjacent to an activating group) is 2. The molecule has 0 saturated carbocycles. The van der Waals surface area contributed by atoms with Gasteiger partial charge in [0.1, 0.15) is 5.75 Å². The maximum Gasteiger partial charge on any atom is 0.193 e. The van der Waals surface area contributed by atoms with Gasteiger partial charge < -0.3 is 19.9 Å². The van der Waals surface area contributed by atoms with Crippen molar-refractivity contribution in [1.82, 2.24) is 20.0 Å². The molecule has 0 amide bonds. The number of benzene rings is 1. The molecule has 1 atom stereocenters. The average Bonchev–Trinajstić information content (AvgIpc) is 2.59. The second kappa shape index (κ2) is 8.89. The van der Waals surface area contributed by atoms with Gasteiger partial charge in [0, 0.05) is 52.9 Å². The van der Waals surface area contributed by atoms with Crippen LogP contribution in [0.15, 0.2) is 29.3 Å². The summed E-state index contributed by atoms with van der Waals surface area (Å²) in [5.74, 6) is 1.81. The molecule has 24 heavy (non-hydrogen) atoms. The minimum absolute atomic E-state index is 0.509. The Bertz CT molecular complexity index is 531. The van der Waals surface area contributed by atoms with Crippen LogP contribution in [0.2, 0.25) is 0 Å². The Morgan fingerprint density at radius 1 is 1.29 bits per heavy atom. The molecule has 1 fully saturated rings. The number of guanidine groups is 1. The second-order valence-corrected chi connectivity index (χ2v) is 6.53. The fourth-order valence-electron chi connectivity index (χ4n) is 3.00. The van der Waals surface area contributed by atoms with Gasteiger partial charge in [0.2, 0.25) is 0 Å². The van der Waals surface area contributed by atoms with Crippen molar-refractivity contribution in [3.8, 4) is 5.75 Å². The van der Waals surface area contributed by atoms with E-state index in [0.29, 0.717) is 6.04 Å². The molecule has 1 heterocycles. The van der Waals surface area contributed by atoms with Crippen LogP contribution >= 0.6 is 0 Å². The van der Waals surface area contributed by atoms with Gasteiger partial charge in [0.05, 0.1) is 7.11 Å². The Hall–Kier alpha value is -1.79. The molecule has 6 nitrogen and oxygen atoms in total. The molecule has 1 aromatic carbocycles. The van der Waals surface area contributed by atoms with Crippen molar-refractivity contribution in [3.63, 3.8) is 0 Å². The molecule has 0 aliphatic carbocycles. The zero-order valence-corrected chi connectivity index (χ0v) is 15.6. The lowest BCUT2D eigenvalue weighted by atomic mass is 10.2. The van der Waals surface area contributed by atoms with Crippen LogP contribution in [0.25, 0.3) is 0 Å². The molecule has 1 saturated heterocycles. The third kappa shape index (κ3) is 5.11. The number of nitrogens with one attached hydrogen (secondary N) is 1. The molecule has 0 bridgehead atoms. The highest BCUT2D eigenvalue weighted by Gasteiger charge is 2.22. The van der Waals surface area contributed by atoms with Crippen molar-refractivity contribution in [3.05, 3.63) is 29.8 Å². The van der Waals surface area contributed by atoms with E-state index in [1.54, 1.807) is 7.11 Å². The molecule has 1 aromatic rings. The van der Waals surface area contributed by atoms with E-state index in [4.69, 9.17) is 4.74 Å². The highest BCUT2D eigenvalue weighted by Crippen LogP contribution is 2.12. The minimum Gasteiger partial charge on any atom is -0.497 e. The van der Waals surface area contributed by atoms with Gasteiger partial charge in [0.25, 0.3) is 0 Å². The molecule has 2 rings (SSSR count). The summed E-state index contributed by atoms with van der Waals surface area (Å²) >= 11 is 0. The summed E-state index contributed by atoms with van der Waals surface area (Å²) < 4.78 is 5.21. The van der Waals surface area contributed by atoms with Crippen LogP contribution in [-0.4, -0.2) is 88.2 Å². The molecule has 1 unspecified atom stereocenters. The molecule has 0 spiro atoms. The van der Waals surface area contributed by atoms with E-state index in [9.17, 15) is 0 Å². The van der Waals surface area contributed by atoms with Crippen LogP contribution in [0, 0.1) is 0 Å². The van der Waals surface area contributed by atoms with Crippen LogP contribution in [0.4, 0.5) is 0 Å². The molecule has 1 aliphatic rings. The smallest absolute Gasteiger partial charge is 0.193 e. The van der Waals surface area contributed by atoms with E-state index >= 15 is 0 Å². The molecule has 0 radical (unpaired) electrons. The first-order valence-electron chi connectivity index (χ1n) is 8.47. The fraction of sp³-hybridized carbons (Fsp3) is 0.611. The van der Waals surface area contributed by atoms with Gasteiger partial charge >= 0.3 is 0 Å². The highest BCUT2D eigenvalue weighted by molar-refractivity contribution is 5.79. The van der Waals surface area contributed by atoms with Gasteiger partial charge in [-0.3, -0.25) is 9.89 Å². The van der Waals surface area contributed by atoms with Crippen LogP contribution in [-0.2, 0) is 6.54 Å². The topological polar surface area (TPSA) is 43.3 Å². The van der Waals surface area contributed by atoms with Crippen molar-refractivity contribution >= 4 is 5.96 Å². The third-order valence-electron chi connectivity index (χ3n) is 4.63. The number of hydrogen-bond donors (Lipinski definition) is 1. The Balaban J connectivity index is 1.87. The van der Waals surface area contributed by atoms with Crippen LogP contribution in [0.5, 0.6) is 5.75 Å². The third-order valence-corrected chi connectivity index (χ3v) is 4.63. The number of piperazine rings is 1. The van der Waals surface area contributed by atoms with Crippen LogP contribution in [0.3, 0.4) is 0 Å². The SMILES string of the molecule is CN=C(NCC1CN(C)CCN1C)N(C)Cc1ccc(OC)cc1. The quantitative estimate of drug-likeness (QED) is 0.642. The lowest BCUT2D eigenvalue weighted by Crippen LogP contribution is -2.55. The van der Waals surface area contributed by atoms with E-state index in [-0.39, 0.29) is 0 Å².